The number of rotatable bonds is 2. The van der Waals surface area contributed by atoms with Gasteiger partial charge in [-0.25, -0.2) is 18.4 Å². The van der Waals surface area contributed by atoms with E-state index in [4.69, 9.17) is 45.7 Å². The van der Waals surface area contributed by atoms with Crippen molar-refractivity contribution in [1.29, 1.82) is 0 Å². The summed E-state index contributed by atoms with van der Waals surface area (Å²) in [5.41, 5.74) is 4.62. The Labute approximate surface area is 176 Å². The number of phenolic OH excluding ortho intramolecular Hbond substituents is 1. The number of sulfonamides is 1. The van der Waals surface area contributed by atoms with Gasteiger partial charge in [0.05, 0.1) is 10.7 Å². The fourth-order valence-electron chi connectivity index (χ4n) is 1.66. The van der Waals surface area contributed by atoms with Crippen LogP contribution >= 0.6 is 34.8 Å². The molecule has 0 atom stereocenters. The number of primary amides is 1. The molecule has 0 fully saturated rings. The molecule has 0 aliphatic heterocycles. The van der Waals surface area contributed by atoms with Gasteiger partial charge >= 0.3 is 88.2 Å². The normalized spacial score (nSPS) is 10.6. The molecule has 0 heterocycles. The van der Waals surface area contributed by atoms with Crippen molar-refractivity contribution in [1.82, 2.24) is 0 Å². The van der Waals surface area contributed by atoms with E-state index in [-0.39, 0.29) is 10.7 Å². The second kappa shape index (κ2) is 9.29. The topological polar surface area (TPSA) is 136 Å². The second-order valence-electron chi connectivity index (χ2n) is 4.68. The molecule has 0 radical (unpaired) electrons. The van der Waals surface area contributed by atoms with Crippen molar-refractivity contribution in [2.24, 2.45) is 10.9 Å². The van der Waals surface area contributed by atoms with E-state index in [9.17, 15) is 18.3 Å². The molecule has 2 aromatic carbocycles. The van der Waals surface area contributed by atoms with Gasteiger partial charge in [-0.3, -0.25) is 0 Å². The number of primary sulfonamides is 1. The van der Waals surface area contributed by atoms with E-state index in [0.717, 1.165) is 36.8 Å². The average Bonchev–Trinajstić information content (AvgIpc) is 2.47. The number of aromatic hydroxyl groups is 1. The van der Waals surface area contributed by atoms with E-state index >= 15 is 0 Å². The van der Waals surface area contributed by atoms with Crippen molar-refractivity contribution >= 4 is 87.3 Å². The van der Waals surface area contributed by atoms with Gasteiger partial charge in [0.1, 0.15) is 4.90 Å². The maximum atomic E-state index is 11.1. The van der Waals surface area contributed by atoms with Gasteiger partial charge in [0.2, 0.25) is 10.0 Å². The van der Waals surface area contributed by atoms with Gasteiger partial charge < -0.3 is 16.2 Å². The predicted octanol–water partition coefficient (Wildman–Crippen LogP) is 1.97. The Bertz CT molecular complexity index is 889. The first-order valence-electron chi connectivity index (χ1n) is 6.46. The molecular formula is C13H11Cl3N3NaO4S. The fraction of sp³-hybridized carbons (Fsp3) is 0. The Morgan fingerprint density at radius 1 is 1.12 bits per heavy atom. The molecule has 7 nitrogen and oxygen atoms in total. The monoisotopic (exact) mass is 433 g/mol. The molecule has 130 valence electrons. The third kappa shape index (κ3) is 6.50. The van der Waals surface area contributed by atoms with Gasteiger partial charge in [-0.05, 0) is 12.1 Å². The van der Waals surface area contributed by atoms with Crippen LogP contribution in [0.25, 0.3) is 0 Å². The van der Waals surface area contributed by atoms with Crippen molar-refractivity contribution in [3.05, 3.63) is 45.4 Å². The van der Waals surface area contributed by atoms with E-state index in [1.54, 1.807) is 6.07 Å². The first-order valence-corrected chi connectivity index (χ1v) is 10.1. The molecule has 12 heteroatoms. The number of nitrogens with two attached hydrogens (primary N) is 2. The summed E-state index contributed by atoms with van der Waals surface area (Å²) in [4.78, 5) is 9.89. The Hall–Kier alpha value is -0.710. The van der Waals surface area contributed by atoms with E-state index in [2.05, 4.69) is 0 Å². The Balaban J connectivity index is 0.000000293. The number of urea groups is 1. The molecule has 0 aliphatic carbocycles. The number of benzene rings is 2. The van der Waals surface area contributed by atoms with E-state index in [1.165, 1.54) is 6.07 Å². The maximum absolute atomic E-state index is 11.1. The standard InChI is InChI=1S/C7H8ClN3O4S.C6H3Cl2.Na/c8-3-1-2-4(11-7(9)13)5(12)6(3)16(10,14)15;7-5-3-1-2-4-6(5)8;/h1-2,12H,(H3,9,11,13)(H2,10,14,15);1-3H;. The van der Waals surface area contributed by atoms with Crippen LogP contribution in [0.4, 0.5) is 10.5 Å². The average molecular weight is 435 g/mol. The molecule has 0 saturated heterocycles. The molecule has 6 N–H and O–H groups in total. The molecule has 2 rings (SSSR count). The molecule has 0 aromatic heterocycles. The number of halogens is 3. The van der Waals surface area contributed by atoms with Crippen LogP contribution in [-0.2, 0) is 10.0 Å². The molecule has 25 heavy (non-hydrogen) atoms. The summed E-state index contributed by atoms with van der Waals surface area (Å²) in [6.07, 6.45) is 0. The Morgan fingerprint density at radius 2 is 1.72 bits per heavy atom. The molecule has 0 bridgehead atoms. The number of nitrogens with one attached hydrogen (secondary N) is 1. The number of amides is 2. The molecule has 2 aromatic rings. The summed E-state index contributed by atoms with van der Waals surface area (Å²) in [7, 11) is -4.20. The van der Waals surface area contributed by atoms with Crippen LogP contribution in [0.2, 0.25) is 15.1 Å². The van der Waals surface area contributed by atoms with Gasteiger partial charge in [0.15, 0.2) is 5.75 Å². The molecule has 0 saturated carbocycles. The van der Waals surface area contributed by atoms with Crippen LogP contribution in [0.15, 0.2) is 35.2 Å². The number of carbonyl (C=O) groups is 1. The Kier molecular flexibility index (Phi) is 8.30. The number of hydrogen-bond donors (Lipinski definition) is 4. The zero-order valence-corrected chi connectivity index (χ0v) is 17.8. The molecule has 0 unspecified atom stereocenters. The van der Waals surface area contributed by atoms with Crippen LogP contribution < -0.4 is 19.0 Å². The van der Waals surface area contributed by atoms with Crippen LogP contribution in [-0.4, -0.2) is 47.5 Å². The number of hydrogen-bond acceptors (Lipinski definition) is 4. The zero-order chi connectivity index (χ0) is 19.4. The van der Waals surface area contributed by atoms with Crippen molar-refractivity contribution in [2.75, 3.05) is 5.32 Å². The number of anilines is 1. The van der Waals surface area contributed by atoms with Gasteiger partial charge in [0, 0.05) is 0 Å². The molecule has 0 spiro atoms. The fourth-order valence-corrected chi connectivity index (χ4v) is 3.82. The van der Waals surface area contributed by atoms with Gasteiger partial charge in [-0.15, -0.1) is 0 Å². The van der Waals surface area contributed by atoms with Crippen LogP contribution in [0.3, 0.4) is 0 Å². The minimum absolute atomic E-state index is 0.194. The summed E-state index contributed by atoms with van der Waals surface area (Å²) in [5, 5.41) is 17.5. The quantitative estimate of drug-likeness (QED) is 0.424. The zero-order valence-electron chi connectivity index (χ0n) is 12.8. The summed E-state index contributed by atoms with van der Waals surface area (Å²) in [6, 6.07) is 7.09. The summed E-state index contributed by atoms with van der Waals surface area (Å²) >= 11 is 18.0. The van der Waals surface area contributed by atoms with Crippen LogP contribution in [0.1, 0.15) is 0 Å². The summed E-state index contributed by atoms with van der Waals surface area (Å²) in [6.45, 7) is 0. The minimum atomic E-state index is -4.20. The van der Waals surface area contributed by atoms with Crippen molar-refractivity contribution < 1.29 is 18.3 Å². The number of carbonyl (C=O) groups excluding carboxylic acids is 1. The van der Waals surface area contributed by atoms with Crippen molar-refractivity contribution in [2.45, 2.75) is 4.90 Å². The van der Waals surface area contributed by atoms with Crippen LogP contribution in [0.5, 0.6) is 5.75 Å². The van der Waals surface area contributed by atoms with E-state index < -0.39 is 26.7 Å². The third-order valence-electron chi connectivity index (χ3n) is 2.77. The molecular weight excluding hydrogens is 424 g/mol. The summed E-state index contributed by atoms with van der Waals surface area (Å²) < 4.78 is 23.4. The van der Waals surface area contributed by atoms with Gasteiger partial charge in [0.25, 0.3) is 0 Å². The molecule has 0 aliphatic rings. The number of phenols is 1. The molecule has 2 amide bonds. The van der Waals surface area contributed by atoms with Crippen molar-refractivity contribution in [3.63, 3.8) is 0 Å². The Morgan fingerprint density at radius 3 is 2.16 bits per heavy atom. The third-order valence-corrected chi connectivity index (χ3v) is 6.24. The first kappa shape index (κ1) is 22.3. The second-order valence-corrected chi connectivity index (χ2v) is 8.45. The predicted molar refractivity (Wildman–Crippen MR) is 99.5 cm³/mol. The van der Waals surface area contributed by atoms with Crippen molar-refractivity contribution in [3.8, 4) is 5.75 Å². The van der Waals surface area contributed by atoms with Gasteiger partial charge in [-0.2, -0.15) is 0 Å². The SMILES string of the molecule is NC(=O)Nc1ccc(Cl)c(S(N)(=O)=O)c1O.[Na][c]1cccc(Cl)c1Cl. The van der Waals surface area contributed by atoms with Crippen LogP contribution in [0, 0.1) is 0 Å². The van der Waals surface area contributed by atoms with E-state index in [1.807, 2.05) is 17.4 Å². The summed E-state index contributed by atoms with van der Waals surface area (Å²) in [5.74, 6) is -0.756. The van der Waals surface area contributed by atoms with E-state index in [0.29, 0.717) is 10.0 Å². The first-order chi connectivity index (χ1) is 11.4. The van der Waals surface area contributed by atoms with Gasteiger partial charge in [-0.1, -0.05) is 11.6 Å².